The Bertz CT molecular complexity index is 474. The Balaban J connectivity index is 2.08. The number of ketones is 1. The van der Waals surface area contributed by atoms with Crippen LogP contribution in [0.2, 0.25) is 0 Å². The van der Waals surface area contributed by atoms with Crippen molar-refractivity contribution < 1.29 is 4.79 Å². The van der Waals surface area contributed by atoms with Gasteiger partial charge >= 0.3 is 0 Å². The number of fused-ring (bicyclic) bond motifs is 1. The van der Waals surface area contributed by atoms with Crippen LogP contribution in [-0.4, -0.2) is 17.2 Å². The van der Waals surface area contributed by atoms with Crippen LogP contribution < -0.4 is 0 Å². The molecular formula is C15H17NO. The molecule has 2 heterocycles. The molecule has 0 aliphatic carbocycles. The standard InChI is InChI=1S/C15H17NO/c1-12-4-6-13(7-5-12)15-9-2-3-10-16(15)11-8-14(15)17/h4-8,11H,2-3,9-10H2,1H3. The van der Waals surface area contributed by atoms with Gasteiger partial charge in [0.1, 0.15) is 5.54 Å². The molecule has 2 aliphatic rings. The summed E-state index contributed by atoms with van der Waals surface area (Å²) >= 11 is 0. The molecule has 1 unspecified atom stereocenters. The van der Waals surface area contributed by atoms with E-state index in [0.717, 1.165) is 24.9 Å². The SMILES string of the molecule is Cc1ccc(C23CCCCN2C=CC3=O)cc1. The molecule has 1 fully saturated rings. The van der Waals surface area contributed by atoms with E-state index in [-0.39, 0.29) is 11.3 Å². The lowest BCUT2D eigenvalue weighted by Gasteiger charge is -2.42. The molecule has 2 heteroatoms. The molecule has 17 heavy (non-hydrogen) atoms. The predicted octanol–water partition coefficient (Wildman–Crippen LogP) is 2.77. The van der Waals surface area contributed by atoms with Crippen LogP contribution in [0.1, 0.15) is 30.4 Å². The van der Waals surface area contributed by atoms with Crippen LogP contribution in [-0.2, 0) is 10.3 Å². The van der Waals surface area contributed by atoms with Gasteiger partial charge in [0.15, 0.2) is 5.78 Å². The summed E-state index contributed by atoms with van der Waals surface area (Å²) in [6.07, 6.45) is 6.98. The molecule has 0 amide bonds. The second kappa shape index (κ2) is 3.73. The maximum Gasteiger partial charge on any atom is 0.187 e. The highest BCUT2D eigenvalue weighted by Gasteiger charge is 2.47. The fourth-order valence-electron chi connectivity index (χ4n) is 3.04. The number of nitrogens with zero attached hydrogens (tertiary/aromatic N) is 1. The molecule has 0 spiro atoms. The second-order valence-electron chi connectivity index (χ2n) is 5.06. The summed E-state index contributed by atoms with van der Waals surface area (Å²) in [5.41, 5.74) is 2.01. The lowest BCUT2D eigenvalue weighted by molar-refractivity contribution is -0.125. The number of hydrogen-bond acceptors (Lipinski definition) is 2. The van der Waals surface area contributed by atoms with Crippen LogP contribution in [0.3, 0.4) is 0 Å². The zero-order chi connectivity index (χ0) is 11.9. The summed E-state index contributed by atoms with van der Waals surface area (Å²) in [4.78, 5) is 14.5. The molecule has 1 atom stereocenters. The largest absolute Gasteiger partial charge is 0.361 e. The van der Waals surface area contributed by atoms with Crippen molar-refractivity contribution in [1.29, 1.82) is 0 Å². The van der Waals surface area contributed by atoms with Crippen molar-refractivity contribution in [3.8, 4) is 0 Å². The molecular weight excluding hydrogens is 210 g/mol. The molecule has 1 aromatic carbocycles. The summed E-state index contributed by atoms with van der Waals surface area (Å²) in [5, 5.41) is 0. The molecule has 0 aromatic heterocycles. The summed E-state index contributed by atoms with van der Waals surface area (Å²) < 4.78 is 0. The maximum absolute atomic E-state index is 12.3. The van der Waals surface area contributed by atoms with Crippen LogP contribution in [0.5, 0.6) is 0 Å². The summed E-state index contributed by atoms with van der Waals surface area (Å²) in [6, 6.07) is 8.42. The van der Waals surface area contributed by atoms with Crippen molar-refractivity contribution in [2.45, 2.75) is 31.7 Å². The van der Waals surface area contributed by atoms with Gasteiger partial charge in [0.05, 0.1) is 0 Å². The van der Waals surface area contributed by atoms with Crippen LogP contribution in [0.25, 0.3) is 0 Å². The van der Waals surface area contributed by atoms with E-state index in [1.807, 2.05) is 6.20 Å². The molecule has 0 saturated carbocycles. The average Bonchev–Trinajstić information content (AvgIpc) is 2.69. The molecule has 1 saturated heterocycles. The lowest BCUT2D eigenvalue weighted by Crippen LogP contribution is -2.48. The number of benzene rings is 1. The minimum atomic E-state index is -0.383. The molecule has 0 radical (unpaired) electrons. The van der Waals surface area contributed by atoms with E-state index in [9.17, 15) is 4.79 Å². The van der Waals surface area contributed by atoms with Crippen molar-refractivity contribution in [2.75, 3.05) is 6.54 Å². The van der Waals surface area contributed by atoms with Crippen molar-refractivity contribution >= 4 is 5.78 Å². The fraction of sp³-hybridized carbons (Fsp3) is 0.400. The van der Waals surface area contributed by atoms with Crippen molar-refractivity contribution in [3.63, 3.8) is 0 Å². The Morgan fingerprint density at radius 2 is 1.94 bits per heavy atom. The van der Waals surface area contributed by atoms with E-state index in [0.29, 0.717) is 0 Å². The third-order valence-corrected chi connectivity index (χ3v) is 4.02. The molecule has 1 aromatic rings. The van der Waals surface area contributed by atoms with Gasteiger partial charge in [-0.15, -0.1) is 0 Å². The van der Waals surface area contributed by atoms with Gasteiger partial charge < -0.3 is 4.90 Å². The lowest BCUT2D eigenvalue weighted by atomic mass is 9.79. The van der Waals surface area contributed by atoms with Crippen molar-refractivity contribution in [2.24, 2.45) is 0 Å². The van der Waals surface area contributed by atoms with Gasteiger partial charge in [-0.25, -0.2) is 0 Å². The number of carbonyl (C=O) groups is 1. The zero-order valence-electron chi connectivity index (χ0n) is 10.1. The molecule has 0 N–H and O–H groups in total. The van der Waals surface area contributed by atoms with Gasteiger partial charge in [0.2, 0.25) is 0 Å². The van der Waals surface area contributed by atoms with Gasteiger partial charge in [0, 0.05) is 12.7 Å². The molecule has 2 nitrogen and oxygen atoms in total. The predicted molar refractivity (Wildman–Crippen MR) is 67.6 cm³/mol. The number of rotatable bonds is 1. The first-order valence-electron chi connectivity index (χ1n) is 6.30. The highest BCUT2D eigenvalue weighted by molar-refractivity contribution is 6.01. The molecule has 0 bridgehead atoms. The molecule has 2 aliphatic heterocycles. The van der Waals surface area contributed by atoms with Gasteiger partial charge in [-0.3, -0.25) is 4.79 Å². The third-order valence-electron chi connectivity index (χ3n) is 4.02. The number of aryl methyl sites for hydroxylation is 1. The quantitative estimate of drug-likeness (QED) is 0.735. The summed E-state index contributed by atoms with van der Waals surface area (Å²) in [5.74, 6) is 0.251. The maximum atomic E-state index is 12.3. The Labute approximate surface area is 102 Å². The second-order valence-corrected chi connectivity index (χ2v) is 5.06. The van der Waals surface area contributed by atoms with Gasteiger partial charge in [-0.1, -0.05) is 29.8 Å². The van der Waals surface area contributed by atoms with E-state index in [1.165, 1.54) is 12.0 Å². The minimum Gasteiger partial charge on any atom is -0.361 e. The van der Waals surface area contributed by atoms with E-state index in [2.05, 4.69) is 36.1 Å². The minimum absolute atomic E-state index is 0.251. The zero-order valence-corrected chi connectivity index (χ0v) is 10.1. The van der Waals surface area contributed by atoms with Gasteiger partial charge in [-0.2, -0.15) is 0 Å². The van der Waals surface area contributed by atoms with Crippen LogP contribution in [0.4, 0.5) is 0 Å². The van der Waals surface area contributed by atoms with E-state index >= 15 is 0 Å². The first-order chi connectivity index (χ1) is 8.23. The Morgan fingerprint density at radius 3 is 2.71 bits per heavy atom. The topological polar surface area (TPSA) is 20.3 Å². The van der Waals surface area contributed by atoms with E-state index < -0.39 is 0 Å². The highest BCUT2D eigenvalue weighted by Crippen LogP contribution is 2.42. The van der Waals surface area contributed by atoms with Crippen LogP contribution in [0.15, 0.2) is 36.5 Å². The van der Waals surface area contributed by atoms with Crippen molar-refractivity contribution in [1.82, 2.24) is 4.90 Å². The number of piperidine rings is 1. The smallest absolute Gasteiger partial charge is 0.187 e. The number of hydrogen-bond donors (Lipinski definition) is 0. The average molecular weight is 227 g/mol. The number of carbonyl (C=O) groups excluding carboxylic acids is 1. The summed E-state index contributed by atoms with van der Waals surface area (Å²) in [6.45, 7) is 3.07. The Hall–Kier alpha value is -1.57. The Kier molecular flexibility index (Phi) is 2.32. The fourth-order valence-corrected chi connectivity index (χ4v) is 3.04. The van der Waals surface area contributed by atoms with Crippen LogP contribution in [0, 0.1) is 6.92 Å². The molecule has 88 valence electrons. The normalized spacial score (nSPS) is 27.4. The molecule has 3 rings (SSSR count). The Morgan fingerprint density at radius 1 is 1.18 bits per heavy atom. The van der Waals surface area contributed by atoms with Gasteiger partial charge in [0.25, 0.3) is 0 Å². The van der Waals surface area contributed by atoms with Crippen molar-refractivity contribution in [3.05, 3.63) is 47.7 Å². The van der Waals surface area contributed by atoms with Crippen LogP contribution >= 0.6 is 0 Å². The summed E-state index contributed by atoms with van der Waals surface area (Å²) in [7, 11) is 0. The van der Waals surface area contributed by atoms with E-state index in [1.54, 1.807) is 6.08 Å². The monoisotopic (exact) mass is 227 g/mol. The third kappa shape index (κ3) is 1.43. The first-order valence-corrected chi connectivity index (χ1v) is 6.30. The van der Waals surface area contributed by atoms with E-state index in [4.69, 9.17) is 0 Å². The van der Waals surface area contributed by atoms with Gasteiger partial charge in [-0.05, 0) is 37.8 Å². The first kappa shape index (κ1) is 10.6. The highest BCUT2D eigenvalue weighted by atomic mass is 16.1.